The standard InChI is InChI=1S/C31H36F2O/c1-3-34-31-29(32)20-25(21-30(31)33)10-9-23-11-15-27(16-12-23)28-17-13-24(14-18-28)19-22(2)26-7-5-4-6-8-26/h4-8,13-14,17-18,20-23,27H,3,9-12,15-16,19H2,1-2H3. The zero-order valence-electron chi connectivity index (χ0n) is 20.4. The minimum Gasteiger partial charge on any atom is -0.488 e. The lowest BCUT2D eigenvalue weighted by atomic mass is 9.76. The van der Waals surface area contributed by atoms with E-state index >= 15 is 0 Å². The minimum atomic E-state index is -0.595. The Morgan fingerprint density at radius 3 is 2.12 bits per heavy atom. The van der Waals surface area contributed by atoms with Gasteiger partial charge in [-0.15, -0.1) is 0 Å². The highest BCUT2D eigenvalue weighted by Crippen LogP contribution is 2.38. The van der Waals surface area contributed by atoms with Gasteiger partial charge in [-0.25, -0.2) is 8.78 Å². The highest BCUT2D eigenvalue weighted by atomic mass is 19.1. The van der Waals surface area contributed by atoms with E-state index in [-0.39, 0.29) is 12.4 Å². The maximum Gasteiger partial charge on any atom is 0.190 e. The second kappa shape index (κ2) is 11.6. The maximum absolute atomic E-state index is 14.1. The lowest BCUT2D eigenvalue weighted by Crippen LogP contribution is -2.14. The molecule has 0 bridgehead atoms. The zero-order valence-corrected chi connectivity index (χ0v) is 20.4. The van der Waals surface area contributed by atoms with Crippen molar-refractivity contribution in [2.75, 3.05) is 6.61 Å². The molecule has 1 aliphatic carbocycles. The number of rotatable bonds is 9. The molecule has 34 heavy (non-hydrogen) atoms. The predicted octanol–water partition coefficient (Wildman–Crippen LogP) is 8.62. The van der Waals surface area contributed by atoms with Crippen LogP contribution in [0.15, 0.2) is 66.7 Å². The smallest absolute Gasteiger partial charge is 0.190 e. The van der Waals surface area contributed by atoms with Crippen LogP contribution in [0.3, 0.4) is 0 Å². The van der Waals surface area contributed by atoms with Crippen molar-refractivity contribution in [2.24, 2.45) is 5.92 Å². The van der Waals surface area contributed by atoms with Crippen LogP contribution in [0.1, 0.15) is 80.0 Å². The number of hydrogen-bond donors (Lipinski definition) is 0. The van der Waals surface area contributed by atoms with Gasteiger partial charge in [0.2, 0.25) is 0 Å². The molecule has 0 aromatic heterocycles. The highest BCUT2D eigenvalue weighted by Gasteiger charge is 2.23. The van der Waals surface area contributed by atoms with E-state index in [2.05, 4.69) is 61.5 Å². The Hall–Kier alpha value is -2.68. The average molecular weight is 463 g/mol. The first kappa shape index (κ1) is 24.4. The Kier molecular flexibility index (Phi) is 8.37. The minimum absolute atomic E-state index is 0.256. The first-order valence-electron chi connectivity index (χ1n) is 12.8. The molecule has 3 aromatic rings. The van der Waals surface area contributed by atoms with Crippen molar-refractivity contribution in [3.05, 3.63) is 101 Å². The number of halogens is 2. The molecular weight excluding hydrogens is 426 g/mol. The molecule has 4 rings (SSSR count). The Labute approximate surface area is 203 Å². The predicted molar refractivity (Wildman–Crippen MR) is 136 cm³/mol. The summed E-state index contributed by atoms with van der Waals surface area (Å²) in [6.45, 7) is 4.27. The third-order valence-corrected chi connectivity index (χ3v) is 7.40. The van der Waals surface area contributed by atoms with Crippen LogP contribution in [0.4, 0.5) is 8.78 Å². The Balaban J connectivity index is 1.25. The van der Waals surface area contributed by atoms with E-state index in [1.807, 2.05) is 0 Å². The molecule has 1 aliphatic rings. The topological polar surface area (TPSA) is 9.23 Å². The van der Waals surface area contributed by atoms with Crippen molar-refractivity contribution < 1.29 is 13.5 Å². The van der Waals surface area contributed by atoms with Crippen LogP contribution >= 0.6 is 0 Å². The van der Waals surface area contributed by atoms with Crippen molar-refractivity contribution in [3.8, 4) is 5.75 Å². The molecule has 1 atom stereocenters. The van der Waals surface area contributed by atoms with Gasteiger partial charge in [0.25, 0.3) is 0 Å². The first-order valence-corrected chi connectivity index (χ1v) is 12.8. The van der Waals surface area contributed by atoms with Crippen LogP contribution < -0.4 is 4.74 Å². The van der Waals surface area contributed by atoms with E-state index in [1.54, 1.807) is 6.92 Å². The van der Waals surface area contributed by atoms with E-state index in [0.29, 0.717) is 24.2 Å². The molecule has 0 N–H and O–H groups in total. The first-order chi connectivity index (χ1) is 16.5. The summed E-state index contributed by atoms with van der Waals surface area (Å²) < 4.78 is 33.3. The van der Waals surface area contributed by atoms with Gasteiger partial charge in [-0.1, -0.05) is 61.5 Å². The summed E-state index contributed by atoms with van der Waals surface area (Å²) >= 11 is 0. The van der Waals surface area contributed by atoms with E-state index < -0.39 is 11.6 Å². The van der Waals surface area contributed by atoms with Gasteiger partial charge in [0.05, 0.1) is 6.61 Å². The zero-order chi connectivity index (χ0) is 23.9. The van der Waals surface area contributed by atoms with Crippen molar-refractivity contribution in [2.45, 2.75) is 70.6 Å². The number of benzene rings is 3. The number of ether oxygens (including phenoxy) is 1. The van der Waals surface area contributed by atoms with Crippen LogP contribution in [0, 0.1) is 17.6 Å². The van der Waals surface area contributed by atoms with Gasteiger partial charge in [-0.2, -0.15) is 0 Å². The fourth-order valence-electron chi connectivity index (χ4n) is 5.37. The van der Waals surface area contributed by atoms with E-state index in [0.717, 1.165) is 18.4 Å². The summed E-state index contributed by atoms with van der Waals surface area (Å²) in [4.78, 5) is 0. The lowest BCUT2D eigenvalue weighted by molar-refractivity contribution is 0.300. The normalized spacial score (nSPS) is 19.1. The summed E-state index contributed by atoms with van der Waals surface area (Å²) in [6.07, 6.45) is 7.50. The Bertz CT molecular complexity index is 1010. The molecule has 1 saturated carbocycles. The third kappa shape index (κ3) is 6.25. The van der Waals surface area contributed by atoms with Gasteiger partial charge in [0.1, 0.15) is 0 Å². The second-order valence-corrected chi connectivity index (χ2v) is 9.84. The van der Waals surface area contributed by atoms with Crippen molar-refractivity contribution in [1.29, 1.82) is 0 Å². The molecule has 0 spiro atoms. The van der Waals surface area contributed by atoms with Gasteiger partial charge in [-0.3, -0.25) is 0 Å². The van der Waals surface area contributed by atoms with Crippen LogP contribution in [0.2, 0.25) is 0 Å². The molecule has 0 saturated heterocycles. The summed E-state index contributed by atoms with van der Waals surface area (Å²) in [5, 5.41) is 0. The average Bonchev–Trinajstić information content (AvgIpc) is 2.86. The summed E-state index contributed by atoms with van der Waals surface area (Å²) in [5.41, 5.74) is 4.95. The molecule has 180 valence electrons. The van der Waals surface area contributed by atoms with Crippen LogP contribution in [-0.4, -0.2) is 6.61 Å². The largest absolute Gasteiger partial charge is 0.488 e. The van der Waals surface area contributed by atoms with Crippen LogP contribution in [0.25, 0.3) is 0 Å². The SMILES string of the molecule is CCOc1c(F)cc(CCC2CCC(c3ccc(CC(C)c4ccccc4)cc3)CC2)cc1F. The van der Waals surface area contributed by atoms with Crippen molar-refractivity contribution in [3.63, 3.8) is 0 Å². The lowest BCUT2D eigenvalue weighted by Gasteiger charge is -2.29. The molecule has 1 nitrogen and oxygen atoms in total. The molecule has 1 unspecified atom stereocenters. The second-order valence-electron chi connectivity index (χ2n) is 9.84. The summed E-state index contributed by atoms with van der Waals surface area (Å²) in [6, 6.07) is 22.8. The molecule has 1 fully saturated rings. The van der Waals surface area contributed by atoms with E-state index in [9.17, 15) is 8.78 Å². The number of hydrogen-bond acceptors (Lipinski definition) is 1. The molecular formula is C31H36F2O. The van der Waals surface area contributed by atoms with Gasteiger partial charge in [0, 0.05) is 0 Å². The third-order valence-electron chi connectivity index (χ3n) is 7.40. The maximum atomic E-state index is 14.1. The van der Waals surface area contributed by atoms with Gasteiger partial charge < -0.3 is 4.74 Å². The highest BCUT2D eigenvalue weighted by molar-refractivity contribution is 5.32. The van der Waals surface area contributed by atoms with Gasteiger partial charge in [-0.05, 0) is 104 Å². The fraction of sp³-hybridized carbons (Fsp3) is 0.419. The fourth-order valence-corrected chi connectivity index (χ4v) is 5.37. The van der Waals surface area contributed by atoms with Crippen LogP contribution in [0.5, 0.6) is 5.75 Å². The van der Waals surface area contributed by atoms with E-state index in [4.69, 9.17) is 4.74 Å². The quantitative estimate of drug-likeness (QED) is 0.309. The van der Waals surface area contributed by atoms with E-state index in [1.165, 1.54) is 54.5 Å². The molecule has 0 heterocycles. The van der Waals surface area contributed by atoms with Crippen molar-refractivity contribution >= 4 is 0 Å². The summed E-state index contributed by atoms with van der Waals surface area (Å²) in [5.74, 6) is 0.314. The Morgan fingerprint density at radius 1 is 0.853 bits per heavy atom. The molecule has 3 heteroatoms. The molecule has 0 aliphatic heterocycles. The molecule has 0 amide bonds. The monoisotopic (exact) mass is 462 g/mol. The molecule has 3 aromatic carbocycles. The van der Waals surface area contributed by atoms with Crippen molar-refractivity contribution in [1.82, 2.24) is 0 Å². The van der Waals surface area contributed by atoms with Gasteiger partial charge in [0.15, 0.2) is 17.4 Å². The number of aryl methyl sites for hydroxylation is 1. The summed E-state index contributed by atoms with van der Waals surface area (Å²) in [7, 11) is 0. The Morgan fingerprint density at radius 2 is 1.50 bits per heavy atom. The van der Waals surface area contributed by atoms with Crippen LogP contribution in [-0.2, 0) is 12.8 Å². The van der Waals surface area contributed by atoms with Gasteiger partial charge >= 0.3 is 0 Å². The molecule has 0 radical (unpaired) electrons.